The average Bonchev–Trinajstić information content (AvgIpc) is 2.61. The number of nitrogens with zero attached hydrogens (tertiary/aromatic N) is 2. The van der Waals surface area contributed by atoms with Crippen LogP contribution >= 0.6 is 0 Å². The molecule has 1 rings (SSSR count). The molecule has 7 nitrogen and oxygen atoms in total. The topological polar surface area (TPSA) is 98.3 Å². The first-order chi connectivity index (χ1) is 8.01. The number of aromatic amines is 1. The number of rotatable bonds is 4. The number of hydrogen-bond donors (Lipinski definition) is 3. The van der Waals surface area contributed by atoms with E-state index in [0.717, 1.165) is 0 Å². The highest BCUT2D eigenvalue weighted by Gasteiger charge is 2.20. The summed E-state index contributed by atoms with van der Waals surface area (Å²) in [5.74, 6) is -1.07. The minimum atomic E-state index is -1.12. The van der Waals surface area contributed by atoms with E-state index in [1.807, 2.05) is 13.8 Å². The molecule has 0 fully saturated rings. The molecular formula is C10H16N4O3. The molecule has 0 bridgehead atoms. The molecule has 2 amide bonds. The number of anilines is 1. The predicted molar refractivity (Wildman–Crippen MR) is 62.2 cm³/mol. The van der Waals surface area contributed by atoms with E-state index in [2.05, 4.69) is 15.5 Å². The molecule has 7 heteroatoms. The minimum absolute atomic E-state index is 0.00879. The van der Waals surface area contributed by atoms with Gasteiger partial charge in [0.2, 0.25) is 0 Å². The van der Waals surface area contributed by atoms with E-state index in [9.17, 15) is 9.59 Å². The van der Waals surface area contributed by atoms with Crippen LogP contribution in [0.4, 0.5) is 10.6 Å². The van der Waals surface area contributed by atoms with Gasteiger partial charge in [0.05, 0.1) is 0 Å². The number of carbonyl (C=O) groups excluding carboxylic acids is 1. The van der Waals surface area contributed by atoms with Gasteiger partial charge in [-0.3, -0.25) is 10.4 Å². The SMILES string of the molecule is CCN(CC)C(=O)Nc1n[nH]c(C)c1C(=O)O. The number of hydrogen-bond acceptors (Lipinski definition) is 3. The zero-order valence-electron chi connectivity index (χ0n) is 10.1. The summed E-state index contributed by atoms with van der Waals surface area (Å²) < 4.78 is 0. The molecule has 1 heterocycles. The fourth-order valence-electron chi connectivity index (χ4n) is 1.47. The number of carboxylic acids is 1. The maximum atomic E-state index is 11.7. The first-order valence-corrected chi connectivity index (χ1v) is 5.35. The number of nitrogens with one attached hydrogen (secondary N) is 2. The van der Waals surface area contributed by atoms with Gasteiger partial charge in [-0.15, -0.1) is 0 Å². The lowest BCUT2D eigenvalue weighted by atomic mass is 10.2. The second kappa shape index (κ2) is 5.33. The molecule has 0 aliphatic carbocycles. The van der Waals surface area contributed by atoms with Gasteiger partial charge in [-0.05, 0) is 20.8 Å². The highest BCUT2D eigenvalue weighted by molar-refractivity contribution is 5.99. The van der Waals surface area contributed by atoms with Crippen molar-refractivity contribution in [2.45, 2.75) is 20.8 Å². The first kappa shape index (κ1) is 13.0. The van der Waals surface area contributed by atoms with Gasteiger partial charge in [-0.1, -0.05) is 0 Å². The molecule has 0 spiro atoms. The van der Waals surface area contributed by atoms with Crippen LogP contribution < -0.4 is 5.32 Å². The molecule has 0 aromatic carbocycles. The van der Waals surface area contributed by atoms with E-state index in [1.165, 1.54) is 4.90 Å². The number of aromatic nitrogens is 2. The van der Waals surface area contributed by atoms with E-state index in [0.29, 0.717) is 18.8 Å². The average molecular weight is 240 g/mol. The maximum absolute atomic E-state index is 11.7. The molecule has 1 aromatic heterocycles. The van der Waals surface area contributed by atoms with Crippen LogP contribution in [0.15, 0.2) is 0 Å². The van der Waals surface area contributed by atoms with Crippen molar-refractivity contribution in [2.24, 2.45) is 0 Å². The summed E-state index contributed by atoms with van der Waals surface area (Å²) in [6, 6.07) is -0.357. The summed E-state index contributed by atoms with van der Waals surface area (Å²) in [5, 5.41) is 17.8. The Hall–Kier alpha value is -2.05. The number of aryl methyl sites for hydroxylation is 1. The maximum Gasteiger partial charge on any atom is 0.341 e. The van der Waals surface area contributed by atoms with Crippen molar-refractivity contribution in [1.29, 1.82) is 0 Å². The number of amides is 2. The Bertz CT molecular complexity index is 423. The van der Waals surface area contributed by atoms with Crippen molar-refractivity contribution in [3.8, 4) is 0 Å². The monoisotopic (exact) mass is 240 g/mol. The van der Waals surface area contributed by atoms with E-state index < -0.39 is 5.97 Å². The third-order valence-corrected chi connectivity index (χ3v) is 2.44. The first-order valence-electron chi connectivity index (χ1n) is 5.35. The quantitative estimate of drug-likeness (QED) is 0.738. The van der Waals surface area contributed by atoms with Crippen molar-refractivity contribution < 1.29 is 14.7 Å². The van der Waals surface area contributed by atoms with E-state index in [1.54, 1.807) is 6.92 Å². The summed E-state index contributed by atoms with van der Waals surface area (Å²) in [7, 11) is 0. The Morgan fingerprint density at radius 1 is 1.41 bits per heavy atom. The molecule has 3 N–H and O–H groups in total. The van der Waals surface area contributed by atoms with Crippen molar-refractivity contribution in [3.05, 3.63) is 11.3 Å². The molecule has 0 atom stereocenters. The van der Waals surface area contributed by atoms with Crippen molar-refractivity contribution in [3.63, 3.8) is 0 Å². The number of carboxylic acid groups (broad SMARTS) is 1. The lowest BCUT2D eigenvalue weighted by Crippen LogP contribution is -2.35. The van der Waals surface area contributed by atoms with Gasteiger partial charge in [0, 0.05) is 18.8 Å². The second-order valence-corrected chi connectivity index (χ2v) is 3.48. The molecule has 0 aliphatic heterocycles. The van der Waals surface area contributed by atoms with Crippen LogP contribution in [0, 0.1) is 6.92 Å². The van der Waals surface area contributed by atoms with E-state index in [-0.39, 0.29) is 17.4 Å². The number of carbonyl (C=O) groups is 2. The molecule has 17 heavy (non-hydrogen) atoms. The molecule has 0 radical (unpaired) electrons. The number of H-pyrrole nitrogens is 1. The third kappa shape index (κ3) is 2.74. The summed E-state index contributed by atoms with van der Waals surface area (Å²) in [6.07, 6.45) is 0. The number of aromatic carboxylic acids is 1. The molecule has 0 saturated heterocycles. The van der Waals surface area contributed by atoms with Gasteiger partial charge in [-0.25, -0.2) is 9.59 Å². The predicted octanol–water partition coefficient (Wildman–Crippen LogP) is 1.29. The van der Waals surface area contributed by atoms with Crippen LogP contribution in [-0.2, 0) is 0 Å². The van der Waals surface area contributed by atoms with Crippen molar-refractivity contribution in [2.75, 3.05) is 18.4 Å². The lowest BCUT2D eigenvalue weighted by molar-refractivity contribution is 0.0697. The summed E-state index contributed by atoms with van der Waals surface area (Å²) in [4.78, 5) is 24.2. The van der Waals surface area contributed by atoms with Crippen LogP contribution in [0.1, 0.15) is 29.9 Å². The fraction of sp³-hybridized carbons (Fsp3) is 0.500. The van der Waals surface area contributed by atoms with Crippen LogP contribution in [0.3, 0.4) is 0 Å². The van der Waals surface area contributed by atoms with Crippen LogP contribution in [-0.4, -0.2) is 45.3 Å². The van der Waals surface area contributed by atoms with Gasteiger partial charge >= 0.3 is 12.0 Å². The Morgan fingerprint density at radius 2 is 2.00 bits per heavy atom. The summed E-state index contributed by atoms with van der Waals surface area (Å²) in [6.45, 7) is 6.37. The van der Waals surface area contributed by atoms with E-state index in [4.69, 9.17) is 5.11 Å². The van der Waals surface area contributed by atoms with Gasteiger partial charge < -0.3 is 10.0 Å². The lowest BCUT2D eigenvalue weighted by Gasteiger charge is -2.18. The highest BCUT2D eigenvalue weighted by atomic mass is 16.4. The smallest absolute Gasteiger partial charge is 0.341 e. The van der Waals surface area contributed by atoms with E-state index >= 15 is 0 Å². The zero-order chi connectivity index (χ0) is 13.0. The standard InChI is InChI=1S/C10H16N4O3/c1-4-14(5-2)10(17)11-8-7(9(15)16)6(3)12-13-8/h4-5H2,1-3H3,(H,15,16)(H2,11,12,13,17). The van der Waals surface area contributed by atoms with Crippen LogP contribution in [0.25, 0.3) is 0 Å². The summed E-state index contributed by atoms with van der Waals surface area (Å²) >= 11 is 0. The molecule has 0 aliphatic rings. The van der Waals surface area contributed by atoms with Crippen molar-refractivity contribution in [1.82, 2.24) is 15.1 Å². The van der Waals surface area contributed by atoms with Gasteiger partial charge in [0.1, 0.15) is 5.56 Å². The Morgan fingerprint density at radius 3 is 2.47 bits per heavy atom. The molecule has 1 aromatic rings. The molecule has 0 unspecified atom stereocenters. The Kier molecular flexibility index (Phi) is 4.08. The second-order valence-electron chi connectivity index (χ2n) is 3.48. The molecular weight excluding hydrogens is 224 g/mol. The minimum Gasteiger partial charge on any atom is -0.477 e. The highest BCUT2D eigenvalue weighted by Crippen LogP contribution is 2.16. The molecule has 94 valence electrons. The largest absolute Gasteiger partial charge is 0.477 e. The molecule has 0 saturated carbocycles. The van der Waals surface area contributed by atoms with Gasteiger partial charge in [0.15, 0.2) is 5.82 Å². The third-order valence-electron chi connectivity index (χ3n) is 2.44. The van der Waals surface area contributed by atoms with Gasteiger partial charge in [-0.2, -0.15) is 5.10 Å². The van der Waals surface area contributed by atoms with Gasteiger partial charge in [0.25, 0.3) is 0 Å². The summed E-state index contributed by atoms with van der Waals surface area (Å²) in [5.41, 5.74) is 0.401. The zero-order valence-corrected chi connectivity index (χ0v) is 10.1. The Balaban J connectivity index is 2.89. The Labute approximate surface area is 98.8 Å². The van der Waals surface area contributed by atoms with Crippen LogP contribution in [0.5, 0.6) is 0 Å². The normalized spacial score (nSPS) is 10.1. The number of urea groups is 1. The fourth-order valence-corrected chi connectivity index (χ4v) is 1.47. The van der Waals surface area contributed by atoms with Crippen molar-refractivity contribution >= 4 is 17.8 Å². The van der Waals surface area contributed by atoms with Crippen LogP contribution in [0.2, 0.25) is 0 Å².